The Bertz CT molecular complexity index is 880. The molecule has 2 aromatic rings. The van der Waals surface area contributed by atoms with Crippen molar-refractivity contribution in [1.29, 1.82) is 0 Å². The molecule has 0 aromatic heterocycles. The molecule has 2 aliphatic rings. The summed E-state index contributed by atoms with van der Waals surface area (Å²) >= 11 is 6.03. The van der Waals surface area contributed by atoms with Gasteiger partial charge in [0.25, 0.3) is 5.91 Å². The van der Waals surface area contributed by atoms with E-state index in [0.717, 1.165) is 41.8 Å². The lowest BCUT2D eigenvalue weighted by Crippen LogP contribution is -2.34. The van der Waals surface area contributed by atoms with E-state index in [-0.39, 0.29) is 31.0 Å². The summed E-state index contributed by atoms with van der Waals surface area (Å²) in [6, 6.07) is 11.4. The quantitative estimate of drug-likeness (QED) is 0.750. The summed E-state index contributed by atoms with van der Waals surface area (Å²) < 4.78 is 5.68. The summed E-state index contributed by atoms with van der Waals surface area (Å²) in [4.78, 5) is 12.7. The largest absolute Gasteiger partial charge is 0.488 e. The van der Waals surface area contributed by atoms with E-state index in [4.69, 9.17) is 22.1 Å². The number of nitrogens with two attached hydrogens (primary N) is 1. The van der Waals surface area contributed by atoms with Gasteiger partial charge < -0.3 is 15.8 Å². The minimum Gasteiger partial charge on any atom is -0.488 e. The number of anilines is 1. The van der Waals surface area contributed by atoms with E-state index in [0.29, 0.717) is 10.6 Å². The van der Waals surface area contributed by atoms with E-state index in [9.17, 15) is 4.79 Å². The van der Waals surface area contributed by atoms with E-state index in [2.05, 4.69) is 5.32 Å². The van der Waals surface area contributed by atoms with Crippen LogP contribution in [0.3, 0.4) is 0 Å². The molecule has 0 radical (unpaired) electrons. The van der Waals surface area contributed by atoms with E-state index in [1.165, 1.54) is 5.56 Å². The van der Waals surface area contributed by atoms with Crippen molar-refractivity contribution in [1.82, 2.24) is 5.32 Å². The maximum absolute atomic E-state index is 12.7. The van der Waals surface area contributed by atoms with Gasteiger partial charge in [0.2, 0.25) is 0 Å². The minimum atomic E-state index is -0.0969. The van der Waals surface area contributed by atoms with Gasteiger partial charge in [-0.1, -0.05) is 17.7 Å². The summed E-state index contributed by atoms with van der Waals surface area (Å²) in [6.45, 7) is 0.266. The van der Waals surface area contributed by atoms with Gasteiger partial charge in [0.1, 0.15) is 12.4 Å². The Kier molecular flexibility index (Phi) is 5.44. The van der Waals surface area contributed by atoms with Crippen LogP contribution in [0, 0.1) is 0 Å². The SMILES string of the molecule is Cl.Nc1ccc2c(c1)CCCC2NC(=O)C1=Cc2cc(Cl)ccc2OC1. The summed E-state index contributed by atoms with van der Waals surface area (Å²) in [5.41, 5.74) is 10.5. The van der Waals surface area contributed by atoms with Crippen molar-refractivity contribution in [2.24, 2.45) is 0 Å². The van der Waals surface area contributed by atoms with Crippen LogP contribution in [0.2, 0.25) is 5.02 Å². The fraction of sp³-hybridized carbons (Fsp3) is 0.250. The van der Waals surface area contributed by atoms with Crippen molar-refractivity contribution >= 4 is 41.7 Å². The minimum absolute atomic E-state index is 0. The number of halogens is 2. The first kappa shape index (κ1) is 18.6. The van der Waals surface area contributed by atoms with Crippen LogP contribution in [0.1, 0.15) is 35.6 Å². The number of hydrogen-bond acceptors (Lipinski definition) is 3. The highest BCUT2D eigenvalue weighted by molar-refractivity contribution is 6.30. The van der Waals surface area contributed by atoms with Crippen molar-refractivity contribution in [3.8, 4) is 5.75 Å². The molecule has 26 heavy (non-hydrogen) atoms. The second kappa shape index (κ2) is 7.60. The molecule has 0 fully saturated rings. The lowest BCUT2D eigenvalue weighted by Gasteiger charge is -2.27. The van der Waals surface area contributed by atoms with Gasteiger partial charge in [-0.05, 0) is 66.8 Å². The zero-order chi connectivity index (χ0) is 17.4. The first-order valence-electron chi connectivity index (χ1n) is 8.42. The van der Waals surface area contributed by atoms with Crippen LogP contribution < -0.4 is 15.8 Å². The monoisotopic (exact) mass is 390 g/mol. The molecule has 1 unspecified atom stereocenters. The third kappa shape index (κ3) is 3.67. The zero-order valence-corrected chi connectivity index (χ0v) is 15.7. The van der Waals surface area contributed by atoms with Gasteiger partial charge >= 0.3 is 0 Å². The summed E-state index contributed by atoms with van der Waals surface area (Å²) in [5.74, 6) is 0.653. The number of amides is 1. The first-order valence-corrected chi connectivity index (χ1v) is 8.80. The maximum Gasteiger partial charge on any atom is 0.251 e. The average Bonchev–Trinajstić information content (AvgIpc) is 2.61. The summed E-state index contributed by atoms with van der Waals surface area (Å²) in [5, 5.41) is 3.77. The molecule has 1 aliphatic carbocycles. The third-order valence-electron chi connectivity index (χ3n) is 4.76. The molecule has 0 spiro atoms. The van der Waals surface area contributed by atoms with Gasteiger partial charge in [-0.25, -0.2) is 0 Å². The van der Waals surface area contributed by atoms with Crippen molar-refractivity contribution in [2.45, 2.75) is 25.3 Å². The Morgan fingerprint density at radius 3 is 2.92 bits per heavy atom. The predicted octanol–water partition coefficient (Wildman–Crippen LogP) is 4.31. The molecule has 1 amide bonds. The van der Waals surface area contributed by atoms with Crippen LogP contribution >= 0.6 is 24.0 Å². The van der Waals surface area contributed by atoms with Crippen LogP contribution in [0.15, 0.2) is 42.0 Å². The van der Waals surface area contributed by atoms with E-state index < -0.39 is 0 Å². The number of rotatable bonds is 2. The van der Waals surface area contributed by atoms with Gasteiger partial charge in [0.05, 0.1) is 11.6 Å². The lowest BCUT2D eigenvalue weighted by atomic mass is 9.87. The highest BCUT2D eigenvalue weighted by Crippen LogP contribution is 2.32. The molecular formula is C20H20Cl2N2O2. The van der Waals surface area contributed by atoms with E-state index in [1.54, 1.807) is 6.07 Å². The first-order chi connectivity index (χ1) is 12.1. The number of carbonyl (C=O) groups excluding carboxylic acids is 1. The Morgan fingerprint density at radius 1 is 1.23 bits per heavy atom. The Hall–Kier alpha value is -2.17. The van der Waals surface area contributed by atoms with Crippen molar-refractivity contribution in [3.05, 3.63) is 63.7 Å². The third-order valence-corrected chi connectivity index (χ3v) is 5.00. The Morgan fingerprint density at radius 2 is 2.08 bits per heavy atom. The molecule has 4 rings (SSSR count). The summed E-state index contributed by atoms with van der Waals surface area (Å²) in [6.07, 6.45) is 4.83. The molecular weight excluding hydrogens is 371 g/mol. The van der Waals surface area contributed by atoms with Crippen molar-refractivity contribution in [2.75, 3.05) is 12.3 Å². The predicted molar refractivity (Wildman–Crippen MR) is 107 cm³/mol. The van der Waals surface area contributed by atoms with Crippen LogP contribution in [-0.4, -0.2) is 12.5 Å². The molecule has 136 valence electrons. The topological polar surface area (TPSA) is 64.3 Å². The highest BCUT2D eigenvalue weighted by atomic mass is 35.5. The Balaban J connectivity index is 0.00000196. The molecule has 1 heterocycles. The molecule has 1 atom stereocenters. The fourth-order valence-electron chi connectivity index (χ4n) is 3.51. The summed E-state index contributed by atoms with van der Waals surface area (Å²) in [7, 11) is 0. The zero-order valence-electron chi connectivity index (χ0n) is 14.1. The molecule has 2 aromatic carbocycles. The Labute approximate surface area is 163 Å². The average molecular weight is 391 g/mol. The lowest BCUT2D eigenvalue weighted by molar-refractivity contribution is -0.118. The van der Waals surface area contributed by atoms with Crippen LogP contribution in [0.4, 0.5) is 5.69 Å². The highest BCUT2D eigenvalue weighted by Gasteiger charge is 2.24. The van der Waals surface area contributed by atoms with Gasteiger partial charge in [-0.2, -0.15) is 0 Å². The maximum atomic E-state index is 12.7. The smallest absolute Gasteiger partial charge is 0.251 e. The molecule has 3 N–H and O–H groups in total. The fourth-order valence-corrected chi connectivity index (χ4v) is 3.70. The second-order valence-electron chi connectivity index (χ2n) is 6.52. The molecule has 6 heteroatoms. The van der Waals surface area contributed by atoms with Crippen molar-refractivity contribution < 1.29 is 9.53 Å². The standard InChI is InChI=1S/C20H19ClN2O2.ClH/c21-15-4-7-19-13(9-15)8-14(11-25-19)20(24)23-18-3-1-2-12-10-16(22)5-6-17(12)18;/h4-10,18H,1-3,11,22H2,(H,23,24);1H. The number of fused-ring (bicyclic) bond motifs is 2. The van der Waals surface area contributed by atoms with Crippen LogP contribution in [0.25, 0.3) is 6.08 Å². The molecule has 1 aliphatic heterocycles. The number of ether oxygens (including phenoxy) is 1. The number of nitrogens with one attached hydrogen (secondary N) is 1. The molecule has 0 bridgehead atoms. The normalized spacial score (nSPS) is 17.7. The number of nitrogen functional groups attached to an aromatic ring is 1. The number of carbonyl (C=O) groups is 1. The van der Waals surface area contributed by atoms with Crippen LogP contribution in [0.5, 0.6) is 5.75 Å². The van der Waals surface area contributed by atoms with Gasteiger partial charge in [0, 0.05) is 16.3 Å². The van der Waals surface area contributed by atoms with E-state index in [1.807, 2.05) is 36.4 Å². The number of hydrogen-bond donors (Lipinski definition) is 2. The second-order valence-corrected chi connectivity index (χ2v) is 6.95. The number of benzene rings is 2. The number of aryl methyl sites for hydroxylation is 1. The molecule has 4 nitrogen and oxygen atoms in total. The van der Waals surface area contributed by atoms with Crippen molar-refractivity contribution in [3.63, 3.8) is 0 Å². The van der Waals surface area contributed by atoms with Gasteiger partial charge in [-0.15, -0.1) is 12.4 Å². The van der Waals surface area contributed by atoms with Gasteiger partial charge in [0.15, 0.2) is 0 Å². The molecule has 0 saturated heterocycles. The van der Waals surface area contributed by atoms with Crippen LogP contribution in [-0.2, 0) is 11.2 Å². The van der Waals surface area contributed by atoms with Gasteiger partial charge in [-0.3, -0.25) is 4.79 Å². The van der Waals surface area contributed by atoms with E-state index >= 15 is 0 Å². The molecule has 0 saturated carbocycles.